The van der Waals surface area contributed by atoms with E-state index in [2.05, 4.69) is 4.72 Å². The first kappa shape index (κ1) is 19.7. The van der Waals surface area contributed by atoms with Gasteiger partial charge in [0.15, 0.2) is 4.90 Å². The summed E-state index contributed by atoms with van der Waals surface area (Å²) >= 11 is 0. The smallest absolute Gasteiger partial charge is 0.258 e. The molecule has 28 heavy (non-hydrogen) atoms. The van der Waals surface area contributed by atoms with Crippen LogP contribution in [-0.4, -0.2) is 19.4 Å². The number of nitrogens with one attached hydrogen (secondary N) is 1. The molecule has 0 amide bonds. The molecule has 0 aliphatic rings. The van der Waals surface area contributed by atoms with E-state index < -0.39 is 26.7 Å². The van der Waals surface area contributed by atoms with Gasteiger partial charge in [-0.15, -0.1) is 0 Å². The average molecular weight is 396 g/mol. The minimum atomic E-state index is -4.07. The zero-order chi connectivity index (χ0) is 20.0. The van der Waals surface area contributed by atoms with Crippen molar-refractivity contribution in [1.29, 1.82) is 0 Å². The molecule has 0 atom stereocenters. The number of nitrogens with zero attached hydrogens (tertiary/aromatic N) is 1. The van der Waals surface area contributed by atoms with E-state index in [0.717, 1.165) is 11.1 Å². The van der Waals surface area contributed by atoms with Gasteiger partial charge in [0.2, 0.25) is 10.0 Å². The minimum Gasteiger partial charge on any atom is -0.258 e. The molecule has 0 saturated heterocycles. The molecule has 0 radical (unpaired) electrons. The van der Waals surface area contributed by atoms with E-state index in [1.165, 1.54) is 24.3 Å². The fourth-order valence-corrected chi connectivity index (χ4v) is 4.48. The van der Waals surface area contributed by atoms with E-state index in [0.29, 0.717) is 12.8 Å². The zero-order valence-corrected chi connectivity index (χ0v) is 15.9. The lowest BCUT2D eigenvalue weighted by Gasteiger charge is -2.19. The molecule has 144 valence electrons. The van der Waals surface area contributed by atoms with Gasteiger partial charge in [-0.2, -0.15) is 0 Å². The summed E-state index contributed by atoms with van der Waals surface area (Å²) in [5, 5.41) is 11.2. The molecule has 0 spiro atoms. The van der Waals surface area contributed by atoms with Crippen LogP contribution < -0.4 is 4.72 Å². The maximum Gasteiger partial charge on any atom is 0.289 e. The summed E-state index contributed by atoms with van der Waals surface area (Å²) in [6, 6.07) is 24.0. The number of para-hydroxylation sites is 1. The van der Waals surface area contributed by atoms with Crippen molar-refractivity contribution in [3.8, 4) is 0 Å². The Bertz CT molecular complexity index is 997. The van der Waals surface area contributed by atoms with Crippen molar-refractivity contribution in [3.05, 3.63) is 106 Å². The predicted molar refractivity (Wildman–Crippen MR) is 107 cm³/mol. The Labute approximate surface area is 164 Å². The van der Waals surface area contributed by atoms with Crippen molar-refractivity contribution in [2.24, 2.45) is 0 Å². The summed E-state index contributed by atoms with van der Waals surface area (Å²) in [6.45, 7) is 0. The van der Waals surface area contributed by atoms with Gasteiger partial charge in [0, 0.05) is 12.1 Å². The Hall–Kier alpha value is -3.03. The van der Waals surface area contributed by atoms with Crippen LogP contribution in [0.4, 0.5) is 5.69 Å². The third-order valence-electron chi connectivity index (χ3n) is 4.32. The first-order valence-electron chi connectivity index (χ1n) is 8.79. The fraction of sp³-hybridized carbons (Fsp3) is 0.143. The Morgan fingerprint density at radius 2 is 1.25 bits per heavy atom. The molecule has 0 aliphatic carbocycles. The van der Waals surface area contributed by atoms with Crippen LogP contribution in [0.5, 0.6) is 0 Å². The van der Waals surface area contributed by atoms with Crippen molar-refractivity contribution < 1.29 is 13.3 Å². The molecule has 1 N–H and O–H groups in total. The highest BCUT2D eigenvalue weighted by Gasteiger charge is 2.27. The lowest BCUT2D eigenvalue weighted by Crippen LogP contribution is -2.38. The van der Waals surface area contributed by atoms with Gasteiger partial charge in [0.25, 0.3) is 5.69 Å². The van der Waals surface area contributed by atoms with Gasteiger partial charge in [-0.05, 0) is 30.0 Å². The Balaban J connectivity index is 1.90. The fourth-order valence-electron chi connectivity index (χ4n) is 3.07. The van der Waals surface area contributed by atoms with Crippen LogP contribution in [0, 0.1) is 10.1 Å². The van der Waals surface area contributed by atoms with Gasteiger partial charge < -0.3 is 0 Å². The van der Waals surface area contributed by atoms with Gasteiger partial charge in [-0.1, -0.05) is 72.8 Å². The van der Waals surface area contributed by atoms with Crippen LogP contribution in [0.15, 0.2) is 89.8 Å². The van der Waals surface area contributed by atoms with E-state index in [4.69, 9.17) is 0 Å². The second kappa shape index (κ2) is 8.77. The molecule has 0 saturated carbocycles. The van der Waals surface area contributed by atoms with Gasteiger partial charge in [-0.3, -0.25) is 10.1 Å². The molecule has 7 heteroatoms. The van der Waals surface area contributed by atoms with Crippen LogP contribution in [0.2, 0.25) is 0 Å². The van der Waals surface area contributed by atoms with Crippen LogP contribution in [-0.2, 0) is 22.9 Å². The highest BCUT2D eigenvalue weighted by Crippen LogP contribution is 2.23. The SMILES string of the molecule is O=[N+]([O-])c1ccccc1S(=O)(=O)NC(Cc1ccccc1)Cc1ccccc1. The van der Waals surface area contributed by atoms with Crippen LogP contribution in [0.25, 0.3) is 0 Å². The third-order valence-corrected chi connectivity index (χ3v) is 5.89. The van der Waals surface area contributed by atoms with Crippen molar-refractivity contribution in [3.63, 3.8) is 0 Å². The molecular weight excluding hydrogens is 376 g/mol. The summed E-state index contributed by atoms with van der Waals surface area (Å²) in [7, 11) is -4.07. The van der Waals surface area contributed by atoms with Crippen molar-refractivity contribution >= 4 is 15.7 Å². The van der Waals surface area contributed by atoms with E-state index in [9.17, 15) is 18.5 Å². The molecule has 0 aromatic heterocycles. The van der Waals surface area contributed by atoms with Crippen molar-refractivity contribution in [2.75, 3.05) is 0 Å². The first-order valence-corrected chi connectivity index (χ1v) is 10.3. The second-order valence-electron chi connectivity index (χ2n) is 6.42. The van der Waals surface area contributed by atoms with E-state index in [1.807, 2.05) is 60.7 Å². The number of rotatable bonds is 8. The van der Waals surface area contributed by atoms with E-state index in [-0.39, 0.29) is 4.90 Å². The maximum atomic E-state index is 12.9. The van der Waals surface area contributed by atoms with E-state index in [1.54, 1.807) is 0 Å². The summed E-state index contributed by atoms with van der Waals surface area (Å²) in [6.07, 6.45) is 0.936. The number of hydrogen-bond donors (Lipinski definition) is 1. The largest absolute Gasteiger partial charge is 0.289 e. The minimum absolute atomic E-state index is 0.328. The maximum absolute atomic E-state index is 12.9. The number of hydrogen-bond acceptors (Lipinski definition) is 4. The summed E-state index contributed by atoms with van der Waals surface area (Å²) in [5.41, 5.74) is 1.52. The number of nitro groups is 1. The molecule has 6 nitrogen and oxygen atoms in total. The number of sulfonamides is 1. The van der Waals surface area contributed by atoms with Gasteiger partial charge in [0.1, 0.15) is 0 Å². The first-order chi connectivity index (χ1) is 13.5. The Morgan fingerprint density at radius 1 is 0.786 bits per heavy atom. The summed E-state index contributed by atoms with van der Waals surface area (Å²) in [4.78, 5) is 10.2. The molecule has 3 rings (SSSR count). The molecule has 3 aromatic carbocycles. The van der Waals surface area contributed by atoms with Crippen LogP contribution >= 0.6 is 0 Å². The Kier molecular flexibility index (Phi) is 6.18. The molecule has 3 aromatic rings. The van der Waals surface area contributed by atoms with E-state index >= 15 is 0 Å². The Morgan fingerprint density at radius 3 is 1.75 bits per heavy atom. The van der Waals surface area contributed by atoms with Crippen molar-refractivity contribution in [2.45, 2.75) is 23.8 Å². The monoisotopic (exact) mass is 396 g/mol. The van der Waals surface area contributed by atoms with Gasteiger partial charge in [0.05, 0.1) is 4.92 Å². The van der Waals surface area contributed by atoms with Gasteiger partial charge >= 0.3 is 0 Å². The van der Waals surface area contributed by atoms with Gasteiger partial charge in [-0.25, -0.2) is 13.1 Å². The zero-order valence-electron chi connectivity index (χ0n) is 15.1. The highest BCUT2D eigenvalue weighted by atomic mass is 32.2. The number of nitro benzene ring substituents is 1. The molecule has 0 unspecified atom stereocenters. The number of benzene rings is 3. The second-order valence-corrected chi connectivity index (χ2v) is 8.10. The highest BCUT2D eigenvalue weighted by molar-refractivity contribution is 7.89. The topological polar surface area (TPSA) is 89.3 Å². The third kappa shape index (κ3) is 5.03. The lowest BCUT2D eigenvalue weighted by molar-refractivity contribution is -0.387. The molecule has 0 bridgehead atoms. The quantitative estimate of drug-likeness (QED) is 0.464. The van der Waals surface area contributed by atoms with Crippen LogP contribution in [0.1, 0.15) is 11.1 Å². The lowest BCUT2D eigenvalue weighted by atomic mass is 10.00. The van der Waals surface area contributed by atoms with Crippen LogP contribution in [0.3, 0.4) is 0 Å². The standard InChI is InChI=1S/C21H20N2O4S/c24-23(25)20-13-7-8-14-21(20)28(26,27)22-19(15-17-9-3-1-4-10-17)16-18-11-5-2-6-12-18/h1-14,19,22H,15-16H2. The predicted octanol–water partition coefficient (Wildman–Crippen LogP) is 3.73. The van der Waals surface area contributed by atoms with Crippen molar-refractivity contribution in [1.82, 2.24) is 4.72 Å². The molecule has 0 heterocycles. The summed E-state index contributed by atoms with van der Waals surface area (Å²) in [5.74, 6) is 0. The average Bonchev–Trinajstić information content (AvgIpc) is 2.69. The molecule has 0 aliphatic heterocycles. The normalized spacial score (nSPS) is 11.5. The molecule has 0 fully saturated rings. The molecular formula is C21H20N2O4S. The summed E-state index contributed by atoms with van der Waals surface area (Å²) < 4.78 is 28.5.